The van der Waals surface area contributed by atoms with Crippen LogP contribution in [0.1, 0.15) is 41.0 Å². The molecule has 2 aliphatic rings. The highest BCUT2D eigenvalue weighted by Gasteiger charge is 2.26. The molecule has 1 aromatic rings. The van der Waals surface area contributed by atoms with Crippen LogP contribution < -0.4 is 5.32 Å². The molecule has 0 radical (unpaired) electrons. The molecule has 1 saturated heterocycles. The summed E-state index contributed by atoms with van der Waals surface area (Å²) in [6, 6.07) is 0. The van der Waals surface area contributed by atoms with Crippen LogP contribution in [0.15, 0.2) is 0 Å². The first-order valence-electron chi connectivity index (χ1n) is 6.42. The molecule has 0 aliphatic carbocycles. The molecule has 0 bridgehead atoms. The number of aromatic nitrogens is 2. The first-order valence-corrected chi connectivity index (χ1v) is 6.42. The first-order chi connectivity index (χ1) is 8.36. The number of aromatic amines is 1. The number of likely N-dealkylation sites (tertiary alicyclic amines) is 1. The predicted octanol–water partition coefficient (Wildman–Crippen LogP) is 0.681. The SMILES string of the molecule is O=C(c1n[nH]c2c1CNCC2)N1CCCCC1. The lowest BCUT2D eigenvalue weighted by atomic mass is 10.1. The molecule has 1 fully saturated rings. The average molecular weight is 234 g/mol. The van der Waals surface area contributed by atoms with Crippen molar-refractivity contribution in [1.29, 1.82) is 0 Å². The van der Waals surface area contributed by atoms with Crippen LogP contribution in [0.5, 0.6) is 0 Å². The summed E-state index contributed by atoms with van der Waals surface area (Å²) in [4.78, 5) is 14.3. The molecule has 17 heavy (non-hydrogen) atoms. The Morgan fingerprint density at radius 3 is 2.88 bits per heavy atom. The second kappa shape index (κ2) is 4.49. The van der Waals surface area contributed by atoms with Gasteiger partial charge < -0.3 is 10.2 Å². The highest BCUT2D eigenvalue weighted by molar-refractivity contribution is 5.94. The number of rotatable bonds is 1. The van der Waals surface area contributed by atoms with Crippen molar-refractivity contribution in [3.05, 3.63) is 17.0 Å². The van der Waals surface area contributed by atoms with Crippen molar-refractivity contribution >= 4 is 5.91 Å². The number of hydrogen-bond donors (Lipinski definition) is 2. The van der Waals surface area contributed by atoms with Crippen LogP contribution in [0.25, 0.3) is 0 Å². The second-order valence-corrected chi connectivity index (χ2v) is 4.81. The minimum Gasteiger partial charge on any atom is -0.337 e. The lowest BCUT2D eigenvalue weighted by Gasteiger charge is -2.26. The van der Waals surface area contributed by atoms with Crippen molar-refractivity contribution in [1.82, 2.24) is 20.4 Å². The number of hydrogen-bond acceptors (Lipinski definition) is 3. The fourth-order valence-corrected chi connectivity index (χ4v) is 2.65. The molecule has 1 amide bonds. The van der Waals surface area contributed by atoms with Crippen LogP contribution in [-0.2, 0) is 13.0 Å². The summed E-state index contributed by atoms with van der Waals surface area (Å²) < 4.78 is 0. The zero-order chi connectivity index (χ0) is 11.7. The smallest absolute Gasteiger partial charge is 0.274 e. The molecule has 0 unspecified atom stereocenters. The third-order valence-corrected chi connectivity index (χ3v) is 3.65. The number of amides is 1. The molecule has 2 N–H and O–H groups in total. The highest BCUT2D eigenvalue weighted by atomic mass is 16.2. The molecule has 0 aromatic carbocycles. The Morgan fingerprint density at radius 2 is 2.06 bits per heavy atom. The minimum atomic E-state index is 0.103. The van der Waals surface area contributed by atoms with Crippen LogP contribution in [0.4, 0.5) is 0 Å². The van der Waals surface area contributed by atoms with E-state index in [2.05, 4.69) is 15.5 Å². The van der Waals surface area contributed by atoms with Gasteiger partial charge in [-0.05, 0) is 19.3 Å². The van der Waals surface area contributed by atoms with Crippen molar-refractivity contribution in [3.63, 3.8) is 0 Å². The van der Waals surface area contributed by atoms with Gasteiger partial charge in [0, 0.05) is 43.9 Å². The number of H-pyrrole nitrogens is 1. The second-order valence-electron chi connectivity index (χ2n) is 4.81. The van der Waals surface area contributed by atoms with Gasteiger partial charge in [0.25, 0.3) is 5.91 Å². The van der Waals surface area contributed by atoms with E-state index in [0.29, 0.717) is 5.69 Å². The molecular formula is C12H18N4O. The topological polar surface area (TPSA) is 61.0 Å². The largest absolute Gasteiger partial charge is 0.337 e. The van der Waals surface area contributed by atoms with E-state index in [0.717, 1.165) is 56.7 Å². The van der Waals surface area contributed by atoms with Crippen LogP contribution in [0.2, 0.25) is 0 Å². The number of nitrogens with one attached hydrogen (secondary N) is 2. The Hall–Kier alpha value is -1.36. The van der Waals surface area contributed by atoms with Crippen LogP contribution in [0, 0.1) is 0 Å². The quantitative estimate of drug-likeness (QED) is 0.751. The summed E-state index contributed by atoms with van der Waals surface area (Å²) in [5.41, 5.74) is 2.84. The number of piperidine rings is 1. The third kappa shape index (κ3) is 1.95. The van der Waals surface area contributed by atoms with Crippen molar-refractivity contribution in [3.8, 4) is 0 Å². The van der Waals surface area contributed by atoms with Crippen molar-refractivity contribution in [2.45, 2.75) is 32.2 Å². The zero-order valence-electron chi connectivity index (χ0n) is 9.96. The summed E-state index contributed by atoms with van der Waals surface area (Å²) in [5.74, 6) is 0.103. The molecule has 0 spiro atoms. The van der Waals surface area contributed by atoms with Crippen molar-refractivity contribution < 1.29 is 4.79 Å². The van der Waals surface area contributed by atoms with E-state index in [1.807, 2.05) is 4.90 Å². The summed E-state index contributed by atoms with van der Waals surface area (Å²) in [6.45, 7) is 3.50. The molecule has 0 saturated carbocycles. The zero-order valence-corrected chi connectivity index (χ0v) is 9.96. The maximum absolute atomic E-state index is 12.3. The number of carbonyl (C=O) groups is 1. The monoisotopic (exact) mass is 234 g/mol. The number of nitrogens with zero attached hydrogens (tertiary/aromatic N) is 2. The minimum absolute atomic E-state index is 0.103. The Bertz CT molecular complexity index is 420. The van der Waals surface area contributed by atoms with Gasteiger partial charge in [0.15, 0.2) is 5.69 Å². The Morgan fingerprint density at radius 1 is 1.24 bits per heavy atom. The predicted molar refractivity (Wildman–Crippen MR) is 63.8 cm³/mol. The standard InChI is InChI=1S/C12H18N4O/c17-12(16-6-2-1-3-7-16)11-9-8-13-5-4-10(9)14-15-11/h13H,1-8H2,(H,14,15). The van der Waals surface area contributed by atoms with E-state index in [4.69, 9.17) is 0 Å². The molecule has 1 aromatic heterocycles. The normalized spacial score (nSPS) is 20.1. The van der Waals surface area contributed by atoms with Crippen molar-refractivity contribution in [2.75, 3.05) is 19.6 Å². The van der Waals surface area contributed by atoms with Crippen LogP contribution >= 0.6 is 0 Å². The number of fused-ring (bicyclic) bond motifs is 1. The van der Waals surface area contributed by atoms with E-state index < -0.39 is 0 Å². The summed E-state index contributed by atoms with van der Waals surface area (Å²) in [7, 11) is 0. The maximum atomic E-state index is 12.3. The van der Waals surface area contributed by atoms with E-state index in [9.17, 15) is 4.79 Å². The number of carbonyl (C=O) groups excluding carboxylic acids is 1. The van der Waals surface area contributed by atoms with Gasteiger partial charge in [0.1, 0.15) is 0 Å². The summed E-state index contributed by atoms with van der Waals surface area (Å²) in [6.07, 6.45) is 4.42. The third-order valence-electron chi connectivity index (χ3n) is 3.65. The van der Waals surface area contributed by atoms with Gasteiger partial charge in [-0.2, -0.15) is 5.10 Å². The van der Waals surface area contributed by atoms with Gasteiger partial charge in [-0.25, -0.2) is 0 Å². The van der Waals surface area contributed by atoms with Gasteiger partial charge in [0.05, 0.1) is 0 Å². The average Bonchev–Trinajstić information content (AvgIpc) is 2.83. The van der Waals surface area contributed by atoms with Gasteiger partial charge in [-0.3, -0.25) is 9.89 Å². The molecule has 5 nitrogen and oxygen atoms in total. The maximum Gasteiger partial charge on any atom is 0.274 e. The van der Waals surface area contributed by atoms with E-state index >= 15 is 0 Å². The molecule has 2 aliphatic heterocycles. The lowest BCUT2D eigenvalue weighted by Crippen LogP contribution is -2.37. The van der Waals surface area contributed by atoms with Gasteiger partial charge in [0.2, 0.25) is 0 Å². The lowest BCUT2D eigenvalue weighted by molar-refractivity contribution is 0.0717. The molecule has 92 valence electrons. The Kier molecular flexibility index (Phi) is 2.84. The fourth-order valence-electron chi connectivity index (χ4n) is 2.65. The van der Waals surface area contributed by atoms with Gasteiger partial charge >= 0.3 is 0 Å². The highest BCUT2D eigenvalue weighted by Crippen LogP contribution is 2.19. The van der Waals surface area contributed by atoms with Crippen LogP contribution in [0.3, 0.4) is 0 Å². The molecule has 3 heterocycles. The summed E-state index contributed by atoms with van der Waals surface area (Å²) >= 11 is 0. The Balaban J connectivity index is 1.83. The van der Waals surface area contributed by atoms with E-state index in [1.165, 1.54) is 6.42 Å². The Labute approximate surface area is 101 Å². The summed E-state index contributed by atoms with van der Waals surface area (Å²) in [5, 5.41) is 10.5. The first kappa shape index (κ1) is 10.8. The molecular weight excluding hydrogens is 216 g/mol. The van der Waals surface area contributed by atoms with E-state index in [-0.39, 0.29) is 5.91 Å². The van der Waals surface area contributed by atoms with Gasteiger partial charge in [-0.1, -0.05) is 0 Å². The van der Waals surface area contributed by atoms with Crippen LogP contribution in [-0.4, -0.2) is 40.6 Å². The fraction of sp³-hybridized carbons (Fsp3) is 0.667. The van der Waals surface area contributed by atoms with E-state index in [1.54, 1.807) is 0 Å². The molecule has 0 atom stereocenters. The molecule has 3 rings (SSSR count). The van der Waals surface area contributed by atoms with Crippen molar-refractivity contribution in [2.24, 2.45) is 0 Å². The van der Waals surface area contributed by atoms with Gasteiger partial charge in [-0.15, -0.1) is 0 Å². The molecule has 5 heteroatoms.